The Hall–Kier alpha value is -2.86. The van der Waals surface area contributed by atoms with Gasteiger partial charge in [0.05, 0.1) is 28.7 Å². The summed E-state index contributed by atoms with van der Waals surface area (Å²) in [6.07, 6.45) is 7.24. The largest absolute Gasteiger partial charge is 0.355 e. The molecule has 7 heteroatoms. The summed E-state index contributed by atoms with van der Waals surface area (Å²) in [6.45, 7) is 5.09. The van der Waals surface area contributed by atoms with Crippen LogP contribution in [-0.2, 0) is 16.8 Å². The van der Waals surface area contributed by atoms with Gasteiger partial charge in [-0.1, -0.05) is 29.8 Å². The van der Waals surface area contributed by atoms with Crippen molar-refractivity contribution in [2.45, 2.75) is 38.6 Å². The van der Waals surface area contributed by atoms with Gasteiger partial charge in [-0.25, -0.2) is 0 Å². The predicted octanol–water partition coefficient (Wildman–Crippen LogP) is 3.79. The third-order valence-electron chi connectivity index (χ3n) is 5.68. The molecule has 0 bridgehead atoms. The second-order valence-corrected chi connectivity index (χ2v) is 8.00. The fourth-order valence-corrected chi connectivity index (χ4v) is 4.19. The number of rotatable bonds is 4. The average Bonchev–Trinajstić information content (AvgIpc) is 3.12. The number of allylic oxidation sites excluding steroid dienone is 2. The first-order valence-corrected chi connectivity index (χ1v) is 10.1. The van der Waals surface area contributed by atoms with Gasteiger partial charge in [0.1, 0.15) is 0 Å². The molecule has 6 nitrogen and oxygen atoms in total. The molecule has 150 valence electrons. The van der Waals surface area contributed by atoms with Crippen LogP contribution in [0.25, 0.3) is 22.2 Å². The first kappa shape index (κ1) is 19.5. The molecular weight excluding hydrogens is 388 g/mol. The lowest BCUT2D eigenvalue weighted by Crippen LogP contribution is -2.49. The molecule has 1 atom stereocenters. The molecule has 0 radical (unpaired) electrons. The molecule has 4 rings (SSSR count). The standard InChI is InChI=1S/C22H23ClN4O2/c1-3-4-10-27-19-12-14(11-17(23)15(19)13-25-27)18-7-6-16(20(28)26-18)22(2)8-5-9-24-21(22)29/h3-4,6-7,11-13H,5,8-10H2,1-2H3,(H,24,29)(H,26,28)/b4-3-/t22-/m1/s1. The highest BCUT2D eigenvalue weighted by molar-refractivity contribution is 6.35. The molecule has 0 saturated carbocycles. The highest BCUT2D eigenvalue weighted by Crippen LogP contribution is 2.32. The molecule has 1 aliphatic rings. The molecular formula is C22H23ClN4O2. The molecule has 2 aromatic heterocycles. The summed E-state index contributed by atoms with van der Waals surface area (Å²) in [5.74, 6) is -0.0978. The lowest BCUT2D eigenvalue weighted by Gasteiger charge is -2.32. The fourth-order valence-electron chi connectivity index (χ4n) is 3.93. The summed E-state index contributed by atoms with van der Waals surface area (Å²) in [5, 5.41) is 8.71. The molecule has 0 aliphatic carbocycles. The Morgan fingerprint density at radius 2 is 2.14 bits per heavy atom. The minimum atomic E-state index is -0.808. The maximum atomic E-state index is 12.9. The third-order valence-corrected chi connectivity index (χ3v) is 5.99. The lowest BCUT2D eigenvalue weighted by molar-refractivity contribution is -0.128. The van der Waals surface area contributed by atoms with E-state index in [1.807, 2.05) is 48.9 Å². The quantitative estimate of drug-likeness (QED) is 0.642. The molecule has 1 saturated heterocycles. The maximum absolute atomic E-state index is 12.9. The zero-order chi connectivity index (χ0) is 20.6. The van der Waals surface area contributed by atoms with Crippen LogP contribution in [0.5, 0.6) is 0 Å². The van der Waals surface area contributed by atoms with Crippen molar-refractivity contribution in [3.63, 3.8) is 0 Å². The molecule has 0 spiro atoms. The minimum Gasteiger partial charge on any atom is -0.355 e. The van der Waals surface area contributed by atoms with Crippen molar-refractivity contribution >= 4 is 28.4 Å². The van der Waals surface area contributed by atoms with Gasteiger partial charge in [0.25, 0.3) is 5.56 Å². The van der Waals surface area contributed by atoms with Gasteiger partial charge in [-0.3, -0.25) is 14.3 Å². The van der Waals surface area contributed by atoms with Crippen molar-refractivity contribution in [2.75, 3.05) is 6.54 Å². The number of carbonyl (C=O) groups is 1. The Morgan fingerprint density at radius 3 is 2.86 bits per heavy atom. The predicted molar refractivity (Wildman–Crippen MR) is 115 cm³/mol. The van der Waals surface area contributed by atoms with Crippen LogP contribution in [0.15, 0.2) is 47.4 Å². The molecule has 1 aromatic carbocycles. The Labute approximate surface area is 173 Å². The van der Waals surface area contributed by atoms with Crippen LogP contribution in [-0.4, -0.2) is 27.2 Å². The Morgan fingerprint density at radius 1 is 1.31 bits per heavy atom. The summed E-state index contributed by atoms with van der Waals surface area (Å²) in [4.78, 5) is 28.2. The number of benzene rings is 1. The van der Waals surface area contributed by atoms with E-state index in [9.17, 15) is 9.59 Å². The first-order valence-electron chi connectivity index (χ1n) is 9.73. The van der Waals surface area contributed by atoms with E-state index in [0.29, 0.717) is 35.8 Å². The van der Waals surface area contributed by atoms with Gasteiger partial charge >= 0.3 is 0 Å². The molecule has 1 aliphatic heterocycles. The van der Waals surface area contributed by atoms with Crippen LogP contribution in [0.2, 0.25) is 5.02 Å². The van der Waals surface area contributed by atoms with Gasteiger partial charge < -0.3 is 10.3 Å². The van der Waals surface area contributed by atoms with Gasteiger partial charge in [-0.05, 0) is 44.9 Å². The number of aromatic amines is 1. The lowest BCUT2D eigenvalue weighted by atomic mass is 9.76. The van der Waals surface area contributed by atoms with Crippen molar-refractivity contribution in [3.05, 3.63) is 63.6 Å². The molecule has 1 amide bonds. The van der Waals surface area contributed by atoms with Crippen molar-refractivity contribution in [2.24, 2.45) is 0 Å². The average molecular weight is 411 g/mol. The SMILES string of the molecule is C/C=C\Cn1ncc2c(Cl)cc(-c3ccc([C@@]4(C)CCCNC4=O)c(=O)[nH]3)cc21. The van der Waals surface area contributed by atoms with Crippen LogP contribution in [0.1, 0.15) is 32.3 Å². The number of carbonyl (C=O) groups excluding carboxylic acids is 1. The fraction of sp³-hybridized carbons (Fsp3) is 0.318. The number of H-pyrrole nitrogens is 1. The molecule has 0 unspecified atom stereocenters. The first-order chi connectivity index (χ1) is 13.9. The van der Waals surface area contributed by atoms with Gasteiger partial charge in [0, 0.05) is 28.8 Å². The van der Waals surface area contributed by atoms with Crippen LogP contribution < -0.4 is 10.9 Å². The highest BCUT2D eigenvalue weighted by atomic mass is 35.5. The monoisotopic (exact) mass is 410 g/mol. The van der Waals surface area contributed by atoms with E-state index in [1.54, 1.807) is 12.3 Å². The summed E-state index contributed by atoms with van der Waals surface area (Å²) < 4.78 is 1.87. The van der Waals surface area contributed by atoms with Crippen LogP contribution in [0.3, 0.4) is 0 Å². The molecule has 29 heavy (non-hydrogen) atoms. The smallest absolute Gasteiger partial charge is 0.252 e. The maximum Gasteiger partial charge on any atom is 0.252 e. The van der Waals surface area contributed by atoms with Gasteiger partial charge in [0.2, 0.25) is 5.91 Å². The zero-order valence-corrected chi connectivity index (χ0v) is 17.2. The number of nitrogens with one attached hydrogen (secondary N) is 2. The van der Waals surface area contributed by atoms with Crippen LogP contribution >= 0.6 is 11.6 Å². The molecule has 3 aromatic rings. The van der Waals surface area contributed by atoms with E-state index in [1.165, 1.54) is 0 Å². The van der Waals surface area contributed by atoms with Crippen LogP contribution in [0.4, 0.5) is 0 Å². The Kier molecular flexibility index (Phi) is 5.04. The van der Waals surface area contributed by atoms with Gasteiger partial charge in [-0.2, -0.15) is 5.10 Å². The van der Waals surface area contributed by atoms with E-state index < -0.39 is 5.41 Å². The number of pyridine rings is 1. The number of aromatic nitrogens is 3. The molecule has 1 fully saturated rings. The number of fused-ring (bicyclic) bond motifs is 1. The minimum absolute atomic E-state index is 0.0978. The number of piperidine rings is 1. The Bertz CT molecular complexity index is 1180. The van der Waals surface area contributed by atoms with Crippen LogP contribution in [0, 0.1) is 0 Å². The normalized spacial score (nSPS) is 19.8. The van der Waals surface area contributed by atoms with Crippen molar-refractivity contribution < 1.29 is 4.79 Å². The van der Waals surface area contributed by atoms with E-state index in [2.05, 4.69) is 15.4 Å². The number of hydrogen-bond donors (Lipinski definition) is 2. The topological polar surface area (TPSA) is 79.8 Å². The second kappa shape index (κ2) is 7.52. The summed E-state index contributed by atoms with van der Waals surface area (Å²) in [7, 11) is 0. The third kappa shape index (κ3) is 3.38. The number of amides is 1. The van der Waals surface area contributed by atoms with E-state index >= 15 is 0 Å². The second-order valence-electron chi connectivity index (χ2n) is 7.59. The number of nitrogens with zero attached hydrogens (tertiary/aromatic N) is 2. The highest BCUT2D eigenvalue weighted by Gasteiger charge is 2.39. The number of halogens is 1. The summed E-state index contributed by atoms with van der Waals surface area (Å²) in [6, 6.07) is 7.39. The molecule has 2 N–H and O–H groups in total. The van der Waals surface area contributed by atoms with E-state index in [-0.39, 0.29) is 11.5 Å². The van der Waals surface area contributed by atoms with E-state index in [4.69, 9.17) is 11.6 Å². The molecule has 3 heterocycles. The summed E-state index contributed by atoms with van der Waals surface area (Å²) in [5.41, 5.74) is 1.78. The van der Waals surface area contributed by atoms with E-state index in [0.717, 1.165) is 22.9 Å². The van der Waals surface area contributed by atoms with Gasteiger partial charge in [-0.15, -0.1) is 0 Å². The Balaban J connectivity index is 1.77. The van der Waals surface area contributed by atoms with Crippen molar-refractivity contribution in [1.82, 2.24) is 20.1 Å². The van der Waals surface area contributed by atoms with Crippen molar-refractivity contribution in [3.8, 4) is 11.3 Å². The van der Waals surface area contributed by atoms with Crippen molar-refractivity contribution in [1.29, 1.82) is 0 Å². The summed E-state index contributed by atoms with van der Waals surface area (Å²) >= 11 is 6.48. The number of hydrogen-bond acceptors (Lipinski definition) is 3. The zero-order valence-electron chi connectivity index (χ0n) is 16.5. The van der Waals surface area contributed by atoms with Gasteiger partial charge in [0.15, 0.2) is 0 Å².